The fourth-order valence-corrected chi connectivity index (χ4v) is 3.16. The lowest BCUT2D eigenvalue weighted by atomic mass is 10.2. The number of hydrogen-bond donors (Lipinski definition) is 2. The van der Waals surface area contributed by atoms with E-state index in [1.807, 2.05) is 60.8 Å². The number of ether oxygens (including phenoxy) is 1. The van der Waals surface area contributed by atoms with Gasteiger partial charge >= 0.3 is 0 Å². The van der Waals surface area contributed by atoms with Crippen molar-refractivity contribution in [3.8, 4) is 5.75 Å². The quantitative estimate of drug-likeness (QED) is 0.576. The van der Waals surface area contributed by atoms with Gasteiger partial charge in [0.1, 0.15) is 17.1 Å². The Morgan fingerprint density at radius 3 is 2.59 bits per heavy atom. The first-order valence-corrected chi connectivity index (χ1v) is 9.61. The molecule has 2 amide bonds. The highest BCUT2D eigenvalue weighted by Gasteiger charge is 2.17. The molecular formula is C22H26N4O3. The summed E-state index contributed by atoms with van der Waals surface area (Å²) in [6, 6.07) is 11.4. The van der Waals surface area contributed by atoms with E-state index in [0.717, 1.165) is 22.5 Å². The summed E-state index contributed by atoms with van der Waals surface area (Å²) >= 11 is 0. The number of amides is 2. The van der Waals surface area contributed by atoms with Crippen LogP contribution in [0.2, 0.25) is 0 Å². The van der Waals surface area contributed by atoms with E-state index in [1.54, 1.807) is 7.11 Å². The largest absolute Gasteiger partial charge is 0.497 e. The standard InChI is InChI=1S/C22H26N4O3/c1-15-6-5-13-26-20(16(2)25-21(15)26)22(28)23-12-4-7-19(27)24-14-17-8-10-18(29-3)11-9-17/h5-6,8-11,13H,4,7,12,14H2,1-3H3,(H,23,28)(H,24,27). The van der Waals surface area contributed by atoms with E-state index in [1.165, 1.54) is 0 Å². The molecule has 7 nitrogen and oxygen atoms in total. The van der Waals surface area contributed by atoms with Gasteiger partial charge in [0.2, 0.25) is 5.91 Å². The van der Waals surface area contributed by atoms with Crippen LogP contribution in [0.25, 0.3) is 5.65 Å². The van der Waals surface area contributed by atoms with Gasteiger partial charge in [-0.05, 0) is 49.6 Å². The predicted molar refractivity (Wildman–Crippen MR) is 111 cm³/mol. The first-order chi connectivity index (χ1) is 14.0. The van der Waals surface area contributed by atoms with Gasteiger partial charge in [0, 0.05) is 25.7 Å². The van der Waals surface area contributed by atoms with E-state index < -0.39 is 0 Å². The van der Waals surface area contributed by atoms with Gasteiger partial charge in [0.05, 0.1) is 12.8 Å². The van der Waals surface area contributed by atoms with E-state index in [9.17, 15) is 9.59 Å². The van der Waals surface area contributed by atoms with Crippen molar-refractivity contribution < 1.29 is 14.3 Å². The van der Waals surface area contributed by atoms with E-state index in [-0.39, 0.29) is 11.8 Å². The lowest BCUT2D eigenvalue weighted by molar-refractivity contribution is -0.121. The van der Waals surface area contributed by atoms with Crippen molar-refractivity contribution in [3.63, 3.8) is 0 Å². The molecule has 0 aliphatic carbocycles. The van der Waals surface area contributed by atoms with Crippen molar-refractivity contribution in [1.82, 2.24) is 20.0 Å². The zero-order valence-electron chi connectivity index (χ0n) is 17.0. The number of nitrogens with one attached hydrogen (secondary N) is 2. The van der Waals surface area contributed by atoms with Crippen LogP contribution in [-0.4, -0.2) is 34.9 Å². The summed E-state index contributed by atoms with van der Waals surface area (Å²) < 4.78 is 6.92. The molecule has 29 heavy (non-hydrogen) atoms. The first-order valence-electron chi connectivity index (χ1n) is 9.61. The highest BCUT2D eigenvalue weighted by atomic mass is 16.5. The minimum atomic E-state index is -0.181. The summed E-state index contributed by atoms with van der Waals surface area (Å²) in [7, 11) is 1.62. The Hall–Kier alpha value is -3.35. The number of hydrogen-bond acceptors (Lipinski definition) is 4. The molecule has 2 aromatic heterocycles. The maximum Gasteiger partial charge on any atom is 0.270 e. The normalized spacial score (nSPS) is 10.7. The number of fused-ring (bicyclic) bond motifs is 1. The number of methoxy groups -OCH3 is 1. The number of carbonyl (C=O) groups is 2. The zero-order valence-corrected chi connectivity index (χ0v) is 17.0. The van der Waals surface area contributed by atoms with Crippen LogP contribution in [0, 0.1) is 13.8 Å². The molecule has 152 valence electrons. The second-order valence-corrected chi connectivity index (χ2v) is 6.91. The van der Waals surface area contributed by atoms with Gasteiger partial charge in [0.25, 0.3) is 5.91 Å². The number of aryl methyl sites for hydroxylation is 2. The number of nitrogens with zero attached hydrogens (tertiary/aromatic N) is 2. The highest BCUT2D eigenvalue weighted by molar-refractivity contribution is 5.94. The summed E-state index contributed by atoms with van der Waals surface area (Å²) in [4.78, 5) is 29.1. The Balaban J connectivity index is 1.44. The van der Waals surface area contributed by atoms with Crippen molar-refractivity contribution in [2.24, 2.45) is 0 Å². The van der Waals surface area contributed by atoms with Crippen LogP contribution in [0.1, 0.15) is 40.2 Å². The number of pyridine rings is 1. The lowest BCUT2D eigenvalue weighted by Crippen LogP contribution is -2.28. The lowest BCUT2D eigenvalue weighted by Gasteiger charge is -2.08. The molecule has 0 bridgehead atoms. The van der Waals surface area contributed by atoms with Crippen LogP contribution in [0.4, 0.5) is 0 Å². The topological polar surface area (TPSA) is 84.7 Å². The van der Waals surface area contributed by atoms with Crippen molar-refractivity contribution in [3.05, 3.63) is 65.1 Å². The van der Waals surface area contributed by atoms with Gasteiger partial charge in [0.15, 0.2) is 0 Å². The van der Waals surface area contributed by atoms with Crippen LogP contribution in [0.3, 0.4) is 0 Å². The van der Waals surface area contributed by atoms with E-state index in [0.29, 0.717) is 37.3 Å². The number of aromatic nitrogens is 2. The Morgan fingerprint density at radius 1 is 1.10 bits per heavy atom. The molecule has 3 rings (SSSR count). The van der Waals surface area contributed by atoms with Gasteiger partial charge in [-0.15, -0.1) is 0 Å². The SMILES string of the molecule is COc1ccc(CNC(=O)CCCNC(=O)c2c(C)nc3c(C)cccn23)cc1. The van der Waals surface area contributed by atoms with Crippen molar-refractivity contribution >= 4 is 17.5 Å². The minimum absolute atomic E-state index is 0.0447. The molecule has 0 aliphatic rings. The third-order valence-electron chi connectivity index (χ3n) is 4.75. The number of benzene rings is 1. The molecule has 2 N–H and O–H groups in total. The molecule has 0 unspecified atom stereocenters. The van der Waals surface area contributed by atoms with Crippen molar-refractivity contribution in [1.29, 1.82) is 0 Å². The summed E-state index contributed by atoms with van der Waals surface area (Å²) in [6.07, 6.45) is 2.75. The van der Waals surface area contributed by atoms with Crippen LogP contribution >= 0.6 is 0 Å². The third-order valence-corrected chi connectivity index (χ3v) is 4.75. The second-order valence-electron chi connectivity index (χ2n) is 6.91. The fraction of sp³-hybridized carbons (Fsp3) is 0.318. The Bertz CT molecular complexity index is 1010. The molecule has 1 aromatic carbocycles. The summed E-state index contributed by atoms with van der Waals surface area (Å²) in [5.74, 6) is 0.558. The number of rotatable bonds is 8. The number of imidazole rings is 1. The van der Waals surface area contributed by atoms with Gasteiger partial charge in [-0.2, -0.15) is 0 Å². The third kappa shape index (κ3) is 4.93. The Kier molecular flexibility index (Phi) is 6.49. The Labute approximate surface area is 170 Å². The average Bonchev–Trinajstić information content (AvgIpc) is 3.07. The summed E-state index contributed by atoms with van der Waals surface area (Å²) in [5.41, 5.74) is 4.03. The monoisotopic (exact) mass is 394 g/mol. The second kappa shape index (κ2) is 9.23. The molecule has 0 saturated heterocycles. The van der Waals surface area contributed by atoms with E-state index in [4.69, 9.17) is 4.74 Å². The van der Waals surface area contributed by atoms with E-state index >= 15 is 0 Å². The summed E-state index contributed by atoms with van der Waals surface area (Å²) in [5, 5.41) is 5.77. The van der Waals surface area contributed by atoms with Crippen molar-refractivity contribution in [2.45, 2.75) is 33.2 Å². The van der Waals surface area contributed by atoms with Gasteiger partial charge in [-0.25, -0.2) is 4.98 Å². The Morgan fingerprint density at radius 2 is 1.86 bits per heavy atom. The maximum absolute atomic E-state index is 12.6. The molecule has 0 fully saturated rings. The van der Waals surface area contributed by atoms with E-state index in [2.05, 4.69) is 15.6 Å². The van der Waals surface area contributed by atoms with Gasteiger partial charge < -0.3 is 15.4 Å². The average molecular weight is 394 g/mol. The molecular weight excluding hydrogens is 368 g/mol. The maximum atomic E-state index is 12.6. The molecule has 3 aromatic rings. The zero-order chi connectivity index (χ0) is 20.8. The molecule has 2 heterocycles. The van der Waals surface area contributed by atoms with Crippen LogP contribution in [0.5, 0.6) is 5.75 Å². The van der Waals surface area contributed by atoms with Crippen LogP contribution in [0.15, 0.2) is 42.6 Å². The van der Waals surface area contributed by atoms with Crippen LogP contribution < -0.4 is 15.4 Å². The first kappa shape index (κ1) is 20.4. The fourth-order valence-electron chi connectivity index (χ4n) is 3.16. The highest BCUT2D eigenvalue weighted by Crippen LogP contribution is 2.15. The molecule has 0 saturated carbocycles. The molecule has 0 aliphatic heterocycles. The molecule has 7 heteroatoms. The molecule has 0 radical (unpaired) electrons. The van der Waals surface area contributed by atoms with Gasteiger partial charge in [-0.3, -0.25) is 14.0 Å². The summed E-state index contributed by atoms with van der Waals surface area (Å²) in [6.45, 7) is 4.69. The molecule has 0 atom stereocenters. The minimum Gasteiger partial charge on any atom is -0.497 e. The van der Waals surface area contributed by atoms with Gasteiger partial charge in [-0.1, -0.05) is 18.2 Å². The van der Waals surface area contributed by atoms with Crippen LogP contribution in [-0.2, 0) is 11.3 Å². The molecule has 0 spiro atoms. The number of carbonyl (C=O) groups excluding carboxylic acids is 2. The predicted octanol–water partition coefficient (Wildman–Crippen LogP) is 2.79. The smallest absolute Gasteiger partial charge is 0.270 e. The van der Waals surface area contributed by atoms with Crippen molar-refractivity contribution in [2.75, 3.05) is 13.7 Å².